The smallest absolute Gasteiger partial charge is 0.339 e. The largest absolute Gasteiger partial charge is 0.478 e. The van der Waals surface area contributed by atoms with E-state index in [0.29, 0.717) is 10.8 Å². The number of aromatic nitrogens is 2. The van der Waals surface area contributed by atoms with Gasteiger partial charge in [0, 0.05) is 11.9 Å². The number of nitrogens with zero attached hydrogens (tertiary/aromatic N) is 2. The van der Waals surface area contributed by atoms with Gasteiger partial charge >= 0.3 is 5.97 Å². The number of hydrogen-bond acceptors (Lipinski definition) is 5. The lowest BCUT2D eigenvalue weighted by atomic mass is 10.2. The van der Waals surface area contributed by atoms with E-state index in [1.807, 2.05) is 31.2 Å². The number of hydrogen-bond donors (Lipinski definition) is 2. The van der Waals surface area contributed by atoms with Crippen LogP contribution in [0.1, 0.15) is 16.1 Å². The number of rotatable bonds is 3. The highest BCUT2D eigenvalue weighted by Gasteiger charge is 2.12. The monoisotopic (exact) mass is 285 g/mol. The summed E-state index contributed by atoms with van der Waals surface area (Å²) in [5.41, 5.74) is 2.28. The van der Waals surface area contributed by atoms with Gasteiger partial charge in [0.15, 0.2) is 5.13 Å². The molecule has 0 aliphatic rings. The van der Waals surface area contributed by atoms with Crippen molar-refractivity contribution in [3.8, 4) is 0 Å². The minimum Gasteiger partial charge on any atom is -0.478 e. The van der Waals surface area contributed by atoms with E-state index in [1.165, 1.54) is 17.5 Å². The maximum atomic E-state index is 11.2. The molecule has 0 saturated carbocycles. The summed E-state index contributed by atoms with van der Waals surface area (Å²) in [5, 5.41) is 12.9. The van der Waals surface area contributed by atoms with Gasteiger partial charge in [0.25, 0.3) is 0 Å². The van der Waals surface area contributed by atoms with Gasteiger partial charge in [-0.05, 0) is 25.1 Å². The molecule has 1 aromatic carbocycles. The van der Waals surface area contributed by atoms with Crippen molar-refractivity contribution in [3.05, 3.63) is 47.8 Å². The lowest BCUT2D eigenvalue weighted by Gasteiger charge is -2.07. The molecule has 2 heterocycles. The Balaban J connectivity index is 2.01. The zero-order valence-electron chi connectivity index (χ0n) is 10.6. The van der Waals surface area contributed by atoms with E-state index in [0.717, 1.165) is 15.9 Å². The van der Waals surface area contributed by atoms with Gasteiger partial charge in [0.2, 0.25) is 0 Å². The summed E-state index contributed by atoms with van der Waals surface area (Å²) >= 11 is 1.48. The number of para-hydroxylation sites is 1. The van der Waals surface area contributed by atoms with Gasteiger partial charge in [-0.25, -0.2) is 9.78 Å². The third kappa shape index (κ3) is 2.33. The quantitative estimate of drug-likeness (QED) is 0.771. The van der Waals surface area contributed by atoms with Crippen LogP contribution in [0.5, 0.6) is 0 Å². The molecule has 2 aromatic heterocycles. The molecule has 3 aromatic rings. The normalized spacial score (nSPS) is 10.7. The Morgan fingerprint density at radius 3 is 2.90 bits per heavy atom. The van der Waals surface area contributed by atoms with Crippen LogP contribution in [0.25, 0.3) is 10.2 Å². The fourth-order valence-electron chi connectivity index (χ4n) is 1.87. The van der Waals surface area contributed by atoms with E-state index < -0.39 is 5.97 Å². The number of pyridine rings is 1. The van der Waals surface area contributed by atoms with Crippen LogP contribution >= 0.6 is 11.3 Å². The molecule has 6 heteroatoms. The van der Waals surface area contributed by atoms with Crippen LogP contribution in [0.3, 0.4) is 0 Å². The number of carboxylic acid groups (broad SMARTS) is 1. The molecule has 20 heavy (non-hydrogen) atoms. The molecule has 0 amide bonds. The molecule has 0 atom stereocenters. The first-order valence-corrected chi connectivity index (χ1v) is 6.77. The van der Waals surface area contributed by atoms with Crippen LogP contribution in [0.2, 0.25) is 0 Å². The number of aromatic carboxylic acids is 1. The van der Waals surface area contributed by atoms with E-state index in [4.69, 9.17) is 0 Å². The highest BCUT2D eigenvalue weighted by Crippen LogP contribution is 2.29. The number of aryl methyl sites for hydroxylation is 1. The van der Waals surface area contributed by atoms with Gasteiger partial charge < -0.3 is 10.4 Å². The van der Waals surface area contributed by atoms with Gasteiger partial charge in [0.1, 0.15) is 5.56 Å². The highest BCUT2D eigenvalue weighted by molar-refractivity contribution is 7.22. The zero-order chi connectivity index (χ0) is 14.1. The van der Waals surface area contributed by atoms with E-state index in [1.54, 1.807) is 6.07 Å². The summed E-state index contributed by atoms with van der Waals surface area (Å²) in [4.78, 5) is 19.6. The molecule has 0 saturated heterocycles. The van der Waals surface area contributed by atoms with Crippen LogP contribution < -0.4 is 5.32 Å². The van der Waals surface area contributed by atoms with Crippen LogP contribution in [0.4, 0.5) is 10.8 Å². The second kappa shape index (κ2) is 4.90. The third-order valence-electron chi connectivity index (χ3n) is 2.81. The third-order valence-corrected chi connectivity index (χ3v) is 3.76. The fraction of sp³-hybridized carbons (Fsp3) is 0.0714. The number of carbonyl (C=O) groups is 1. The molecule has 100 valence electrons. The Morgan fingerprint density at radius 2 is 2.15 bits per heavy atom. The van der Waals surface area contributed by atoms with Crippen molar-refractivity contribution in [2.24, 2.45) is 0 Å². The van der Waals surface area contributed by atoms with Crippen molar-refractivity contribution >= 4 is 38.3 Å². The lowest BCUT2D eigenvalue weighted by molar-refractivity contribution is 0.0697. The predicted molar refractivity (Wildman–Crippen MR) is 78.8 cm³/mol. The van der Waals surface area contributed by atoms with E-state index in [-0.39, 0.29) is 5.56 Å². The number of carboxylic acids is 1. The minimum atomic E-state index is -1.01. The van der Waals surface area contributed by atoms with Crippen LogP contribution in [-0.2, 0) is 0 Å². The van der Waals surface area contributed by atoms with Crippen LogP contribution in [-0.4, -0.2) is 21.0 Å². The van der Waals surface area contributed by atoms with Gasteiger partial charge in [-0.15, -0.1) is 0 Å². The molecular weight excluding hydrogens is 274 g/mol. The molecule has 2 N–H and O–H groups in total. The maximum absolute atomic E-state index is 11.2. The molecule has 0 radical (unpaired) electrons. The molecule has 0 spiro atoms. The Kier molecular flexibility index (Phi) is 3.08. The topological polar surface area (TPSA) is 75.1 Å². The fourth-order valence-corrected chi connectivity index (χ4v) is 2.75. The number of fused-ring (bicyclic) bond motifs is 1. The Bertz CT molecular complexity index is 765. The number of benzene rings is 1. The molecule has 0 aliphatic carbocycles. The summed E-state index contributed by atoms with van der Waals surface area (Å²) in [6, 6.07) is 9.48. The maximum Gasteiger partial charge on any atom is 0.339 e. The number of anilines is 2. The summed E-state index contributed by atoms with van der Waals surface area (Å²) in [6.45, 7) is 1.81. The van der Waals surface area contributed by atoms with E-state index >= 15 is 0 Å². The molecule has 0 unspecified atom stereocenters. The Hall–Kier alpha value is -2.47. The van der Waals surface area contributed by atoms with Gasteiger partial charge in [-0.3, -0.25) is 4.98 Å². The van der Waals surface area contributed by atoms with Crippen LogP contribution in [0, 0.1) is 6.92 Å². The van der Waals surface area contributed by atoms with Crippen LogP contribution in [0.15, 0.2) is 36.5 Å². The van der Waals surface area contributed by atoms with Crippen molar-refractivity contribution in [1.29, 1.82) is 0 Å². The molecular formula is C14H11N3O2S. The first-order chi connectivity index (χ1) is 9.63. The summed E-state index contributed by atoms with van der Waals surface area (Å²) in [7, 11) is 0. The van der Waals surface area contributed by atoms with Gasteiger partial charge in [-0.2, -0.15) is 0 Å². The van der Waals surface area contributed by atoms with Crippen molar-refractivity contribution in [2.45, 2.75) is 6.92 Å². The van der Waals surface area contributed by atoms with Gasteiger partial charge in [0.05, 0.1) is 15.9 Å². The first kappa shape index (κ1) is 12.6. The van der Waals surface area contributed by atoms with Crippen molar-refractivity contribution < 1.29 is 9.90 Å². The first-order valence-electron chi connectivity index (χ1n) is 5.96. The zero-order valence-corrected chi connectivity index (χ0v) is 11.4. The van der Waals surface area contributed by atoms with Crippen molar-refractivity contribution in [2.75, 3.05) is 5.32 Å². The predicted octanol–water partition coefficient (Wildman–Crippen LogP) is 3.44. The molecule has 0 fully saturated rings. The average Bonchev–Trinajstić information content (AvgIpc) is 2.80. The number of thiazole rings is 1. The Morgan fingerprint density at radius 1 is 1.35 bits per heavy atom. The number of nitrogens with one attached hydrogen (secondary N) is 1. The SMILES string of the molecule is Cc1cc(Nc2nc3ccccc3s2)c(C(=O)O)cn1. The highest BCUT2D eigenvalue weighted by atomic mass is 32.1. The second-order valence-corrected chi connectivity index (χ2v) is 5.32. The summed E-state index contributed by atoms with van der Waals surface area (Å²) < 4.78 is 1.05. The molecule has 3 rings (SSSR count). The lowest BCUT2D eigenvalue weighted by Crippen LogP contribution is -2.04. The summed E-state index contributed by atoms with van der Waals surface area (Å²) in [5.74, 6) is -1.01. The molecule has 0 bridgehead atoms. The van der Waals surface area contributed by atoms with Gasteiger partial charge in [-0.1, -0.05) is 23.5 Å². The van der Waals surface area contributed by atoms with Crippen molar-refractivity contribution in [1.82, 2.24) is 9.97 Å². The Labute approximate surface area is 118 Å². The minimum absolute atomic E-state index is 0.134. The standard InChI is InChI=1S/C14H11N3O2S/c1-8-6-11(9(7-15-8)13(18)19)17-14-16-10-4-2-3-5-12(10)20-14/h2-7H,1H3,(H,18,19)(H,15,16,17). The second-order valence-electron chi connectivity index (χ2n) is 4.29. The summed E-state index contributed by atoms with van der Waals surface area (Å²) in [6.07, 6.45) is 1.35. The van der Waals surface area contributed by atoms with Crippen molar-refractivity contribution in [3.63, 3.8) is 0 Å². The van der Waals surface area contributed by atoms with E-state index in [2.05, 4.69) is 15.3 Å². The van der Waals surface area contributed by atoms with E-state index in [9.17, 15) is 9.90 Å². The molecule has 5 nitrogen and oxygen atoms in total. The average molecular weight is 285 g/mol. The molecule has 0 aliphatic heterocycles.